The molecule has 1 unspecified atom stereocenters. The van der Waals surface area contributed by atoms with Gasteiger partial charge in [0, 0.05) is 25.2 Å². The highest BCUT2D eigenvalue weighted by Crippen LogP contribution is 2.38. The summed E-state index contributed by atoms with van der Waals surface area (Å²) in [5, 5.41) is 0. The topological polar surface area (TPSA) is 29.3 Å². The summed E-state index contributed by atoms with van der Waals surface area (Å²) in [6, 6.07) is 5.57. The molecule has 2 rings (SSSR count). The van der Waals surface area contributed by atoms with Crippen LogP contribution in [0.4, 0.5) is 13.2 Å². The summed E-state index contributed by atoms with van der Waals surface area (Å²) in [6.45, 7) is 5.05. The molecule has 0 aliphatic heterocycles. The van der Waals surface area contributed by atoms with E-state index in [2.05, 4.69) is 4.90 Å². The van der Waals surface area contributed by atoms with Gasteiger partial charge in [0.15, 0.2) is 0 Å². The van der Waals surface area contributed by atoms with Crippen LogP contribution in [0.2, 0.25) is 0 Å². The number of alkyl halides is 3. The summed E-state index contributed by atoms with van der Waals surface area (Å²) in [5.41, 5.74) is 5.57. The molecule has 0 heterocycles. The van der Waals surface area contributed by atoms with Gasteiger partial charge in [-0.2, -0.15) is 13.2 Å². The van der Waals surface area contributed by atoms with Crippen molar-refractivity contribution in [1.29, 1.82) is 0 Å². The first kappa shape index (κ1) is 16.3. The molecule has 0 radical (unpaired) electrons. The van der Waals surface area contributed by atoms with Gasteiger partial charge in [-0.15, -0.1) is 0 Å². The molecule has 1 atom stereocenters. The van der Waals surface area contributed by atoms with Crippen LogP contribution in [0.1, 0.15) is 43.9 Å². The fourth-order valence-electron chi connectivity index (χ4n) is 2.78. The van der Waals surface area contributed by atoms with Gasteiger partial charge in [0.25, 0.3) is 0 Å². The number of benzene rings is 1. The zero-order chi connectivity index (χ0) is 15.6. The van der Waals surface area contributed by atoms with Gasteiger partial charge in [-0.3, -0.25) is 4.90 Å². The number of hydrogen-bond donors (Lipinski definition) is 1. The van der Waals surface area contributed by atoms with E-state index < -0.39 is 11.7 Å². The van der Waals surface area contributed by atoms with Crippen molar-refractivity contribution in [3.63, 3.8) is 0 Å². The van der Waals surface area contributed by atoms with Crippen LogP contribution >= 0.6 is 0 Å². The minimum Gasteiger partial charge on any atom is -0.329 e. The Hall–Kier alpha value is -1.07. The number of rotatable bonds is 6. The summed E-state index contributed by atoms with van der Waals surface area (Å²) in [4.78, 5) is 2.11. The third-order valence-corrected chi connectivity index (χ3v) is 4.08. The minimum atomic E-state index is -4.34. The van der Waals surface area contributed by atoms with Crippen molar-refractivity contribution in [2.45, 2.75) is 44.9 Å². The van der Waals surface area contributed by atoms with Crippen LogP contribution in [0.5, 0.6) is 0 Å². The predicted octanol–water partition coefficient (Wildman–Crippen LogP) is 3.83. The standard InChI is InChI=1S/C16H23F3N2/c1-11(2)21(10-12-7-8-12)15(9-20)13-5-3-4-6-14(13)16(17,18)19/h3-6,11-12,15H,7-10,20H2,1-2H3. The molecule has 1 aromatic carbocycles. The summed E-state index contributed by atoms with van der Waals surface area (Å²) in [7, 11) is 0. The van der Waals surface area contributed by atoms with Gasteiger partial charge < -0.3 is 5.73 Å². The molecule has 2 N–H and O–H groups in total. The second-order valence-electron chi connectivity index (χ2n) is 6.07. The average Bonchev–Trinajstić information content (AvgIpc) is 3.21. The molecule has 1 fully saturated rings. The molecule has 0 aromatic heterocycles. The quantitative estimate of drug-likeness (QED) is 0.865. The molecule has 0 bridgehead atoms. The largest absolute Gasteiger partial charge is 0.416 e. The van der Waals surface area contributed by atoms with Gasteiger partial charge in [-0.25, -0.2) is 0 Å². The van der Waals surface area contributed by atoms with E-state index >= 15 is 0 Å². The normalized spacial score (nSPS) is 17.5. The van der Waals surface area contributed by atoms with Crippen molar-refractivity contribution in [2.24, 2.45) is 11.7 Å². The molecular formula is C16H23F3N2. The Bertz CT molecular complexity index is 467. The van der Waals surface area contributed by atoms with Crippen LogP contribution in [-0.2, 0) is 6.18 Å². The monoisotopic (exact) mass is 300 g/mol. The van der Waals surface area contributed by atoms with E-state index in [4.69, 9.17) is 5.73 Å². The molecule has 0 spiro atoms. The SMILES string of the molecule is CC(C)N(CC1CC1)C(CN)c1ccccc1C(F)(F)F. The highest BCUT2D eigenvalue weighted by atomic mass is 19.4. The number of halogens is 3. The molecule has 1 saturated carbocycles. The predicted molar refractivity (Wildman–Crippen MR) is 77.8 cm³/mol. The Morgan fingerprint density at radius 1 is 1.24 bits per heavy atom. The second-order valence-corrected chi connectivity index (χ2v) is 6.07. The lowest BCUT2D eigenvalue weighted by molar-refractivity contribution is -0.138. The average molecular weight is 300 g/mol. The van der Waals surface area contributed by atoms with E-state index in [1.54, 1.807) is 12.1 Å². The minimum absolute atomic E-state index is 0.167. The maximum atomic E-state index is 13.2. The lowest BCUT2D eigenvalue weighted by Crippen LogP contribution is -2.40. The number of nitrogens with two attached hydrogens (primary N) is 1. The van der Waals surface area contributed by atoms with Crippen LogP contribution in [0.15, 0.2) is 24.3 Å². The number of nitrogens with zero attached hydrogens (tertiary/aromatic N) is 1. The van der Waals surface area contributed by atoms with Gasteiger partial charge in [0.05, 0.1) is 5.56 Å². The van der Waals surface area contributed by atoms with Crippen LogP contribution in [0.3, 0.4) is 0 Å². The fraction of sp³-hybridized carbons (Fsp3) is 0.625. The second kappa shape index (κ2) is 6.36. The zero-order valence-electron chi connectivity index (χ0n) is 12.5. The number of hydrogen-bond acceptors (Lipinski definition) is 2. The van der Waals surface area contributed by atoms with Crippen LogP contribution in [0.25, 0.3) is 0 Å². The summed E-state index contributed by atoms with van der Waals surface area (Å²) >= 11 is 0. The van der Waals surface area contributed by atoms with Gasteiger partial charge in [-0.05, 0) is 44.2 Å². The van der Waals surface area contributed by atoms with E-state index in [1.807, 2.05) is 13.8 Å². The van der Waals surface area contributed by atoms with Crippen molar-refractivity contribution in [2.75, 3.05) is 13.1 Å². The lowest BCUT2D eigenvalue weighted by Gasteiger charge is -2.36. The summed E-state index contributed by atoms with van der Waals surface area (Å²) in [5.74, 6) is 0.611. The van der Waals surface area contributed by atoms with Crippen LogP contribution < -0.4 is 5.73 Å². The molecule has 118 valence electrons. The Morgan fingerprint density at radius 3 is 2.33 bits per heavy atom. The van der Waals surface area contributed by atoms with Gasteiger partial charge in [0.2, 0.25) is 0 Å². The van der Waals surface area contributed by atoms with E-state index in [0.29, 0.717) is 11.5 Å². The molecule has 0 saturated heterocycles. The molecule has 1 aliphatic rings. The molecule has 2 nitrogen and oxygen atoms in total. The molecular weight excluding hydrogens is 277 g/mol. The summed E-state index contributed by atoms with van der Waals surface area (Å²) < 4.78 is 39.7. The summed E-state index contributed by atoms with van der Waals surface area (Å²) in [6.07, 6.45) is -2.00. The zero-order valence-corrected chi connectivity index (χ0v) is 12.5. The van der Waals surface area contributed by atoms with E-state index in [9.17, 15) is 13.2 Å². The lowest BCUT2D eigenvalue weighted by atomic mass is 9.97. The highest BCUT2D eigenvalue weighted by molar-refractivity contribution is 5.33. The van der Waals surface area contributed by atoms with E-state index in [0.717, 1.165) is 12.6 Å². The Balaban J connectivity index is 2.35. The van der Waals surface area contributed by atoms with Crippen molar-refractivity contribution in [3.8, 4) is 0 Å². The van der Waals surface area contributed by atoms with Crippen molar-refractivity contribution in [1.82, 2.24) is 4.90 Å². The maximum absolute atomic E-state index is 13.2. The van der Waals surface area contributed by atoms with Gasteiger partial charge in [-0.1, -0.05) is 18.2 Å². The van der Waals surface area contributed by atoms with E-state index in [1.165, 1.54) is 18.9 Å². The molecule has 0 amide bonds. The first-order valence-corrected chi connectivity index (χ1v) is 7.46. The Kier molecular flexibility index (Phi) is 4.94. The van der Waals surface area contributed by atoms with Crippen molar-refractivity contribution < 1.29 is 13.2 Å². The van der Waals surface area contributed by atoms with Gasteiger partial charge >= 0.3 is 6.18 Å². The van der Waals surface area contributed by atoms with Crippen LogP contribution in [-0.4, -0.2) is 24.0 Å². The first-order chi connectivity index (χ1) is 9.84. The Labute approximate surface area is 124 Å². The first-order valence-electron chi connectivity index (χ1n) is 7.46. The maximum Gasteiger partial charge on any atom is 0.416 e. The smallest absolute Gasteiger partial charge is 0.329 e. The van der Waals surface area contributed by atoms with E-state index in [-0.39, 0.29) is 18.6 Å². The molecule has 21 heavy (non-hydrogen) atoms. The third kappa shape index (κ3) is 3.98. The molecule has 1 aliphatic carbocycles. The van der Waals surface area contributed by atoms with Crippen molar-refractivity contribution in [3.05, 3.63) is 35.4 Å². The molecule has 1 aromatic rings. The highest BCUT2D eigenvalue weighted by Gasteiger charge is 2.37. The van der Waals surface area contributed by atoms with Gasteiger partial charge in [0.1, 0.15) is 0 Å². The van der Waals surface area contributed by atoms with Crippen LogP contribution in [0, 0.1) is 5.92 Å². The third-order valence-electron chi connectivity index (χ3n) is 4.08. The molecule has 5 heteroatoms. The fourth-order valence-corrected chi connectivity index (χ4v) is 2.78. The van der Waals surface area contributed by atoms with Crippen molar-refractivity contribution >= 4 is 0 Å². The Morgan fingerprint density at radius 2 is 1.86 bits per heavy atom.